The smallest absolute Gasteiger partial charge is 0.247 e. The zero-order chi connectivity index (χ0) is 23.9. The number of methoxy groups -OCH3 is 2. The van der Waals surface area contributed by atoms with Crippen molar-refractivity contribution in [1.29, 1.82) is 0 Å². The fourth-order valence-electron chi connectivity index (χ4n) is 4.62. The average molecular weight is 464 g/mol. The summed E-state index contributed by atoms with van der Waals surface area (Å²) in [5, 5.41) is 0. The van der Waals surface area contributed by atoms with Crippen LogP contribution in [0, 0.1) is 0 Å². The van der Waals surface area contributed by atoms with Crippen LogP contribution in [-0.4, -0.2) is 86.0 Å². The average Bonchev–Trinajstić information content (AvgIpc) is 3.16. The lowest BCUT2D eigenvalue weighted by Crippen LogP contribution is -2.52. The van der Waals surface area contributed by atoms with E-state index in [2.05, 4.69) is 34.1 Å². The molecule has 2 amide bonds. The second-order valence-corrected chi connectivity index (χ2v) is 8.69. The molecular formula is C27H33N3O4. The van der Waals surface area contributed by atoms with Gasteiger partial charge >= 0.3 is 0 Å². The third kappa shape index (κ3) is 5.66. The van der Waals surface area contributed by atoms with Crippen LogP contribution >= 0.6 is 0 Å². The summed E-state index contributed by atoms with van der Waals surface area (Å²) in [6.07, 6.45) is 5.19. The predicted octanol–water partition coefficient (Wildman–Crippen LogP) is 2.70. The van der Waals surface area contributed by atoms with Gasteiger partial charge in [0.05, 0.1) is 26.7 Å². The molecule has 0 spiro atoms. The molecule has 2 heterocycles. The van der Waals surface area contributed by atoms with E-state index in [9.17, 15) is 9.59 Å². The summed E-state index contributed by atoms with van der Waals surface area (Å²) in [6, 6.07) is 15.6. The first-order chi connectivity index (χ1) is 16.6. The summed E-state index contributed by atoms with van der Waals surface area (Å²) in [4.78, 5) is 31.7. The monoisotopic (exact) mass is 463 g/mol. The summed E-state index contributed by atoms with van der Waals surface area (Å²) in [5.74, 6) is 1.16. The first-order valence-electron chi connectivity index (χ1n) is 11.8. The minimum Gasteiger partial charge on any atom is -0.493 e. The van der Waals surface area contributed by atoms with Gasteiger partial charge in [-0.3, -0.25) is 24.3 Å². The van der Waals surface area contributed by atoms with Crippen LogP contribution in [0.3, 0.4) is 0 Å². The van der Waals surface area contributed by atoms with E-state index in [-0.39, 0.29) is 24.3 Å². The van der Waals surface area contributed by atoms with Crippen LogP contribution in [0.25, 0.3) is 6.08 Å². The Morgan fingerprint density at radius 2 is 1.68 bits per heavy atom. The molecule has 2 aromatic carbocycles. The lowest BCUT2D eigenvalue weighted by atomic mass is 10.1. The SMILES string of the molecule is COc1ccc(CCN2C(=O)C[C@H](N3CCN(C/C=C\c4ccccc4)CC3)C2=O)cc1OC. The van der Waals surface area contributed by atoms with Crippen LogP contribution in [0.15, 0.2) is 54.6 Å². The molecule has 180 valence electrons. The molecule has 0 aliphatic carbocycles. The number of benzene rings is 2. The zero-order valence-electron chi connectivity index (χ0n) is 20.0. The van der Waals surface area contributed by atoms with Gasteiger partial charge in [0.25, 0.3) is 0 Å². The Hall–Kier alpha value is -3.16. The van der Waals surface area contributed by atoms with Crippen LogP contribution in [0.2, 0.25) is 0 Å². The van der Waals surface area contributed by atoms with E-state index in [1.165, 1.54) is 10.5 Å². The first kappa shape index (κ1) is 24.0. The number of hydrogen-bond donors (Lipinski definition) is 0. The summed E-state index contributed by atoms with van der Waals surface area (Å²) in [5.41, 5.74) is 2.20. The van der Waals surface area contributed by atoms with Gasteiger partial charge in [-0.2, -0.15) is 0 Å². The zero-order valence-corrected chi connectivity index (χ0v) is 20.0. The van der Waals surface area contributed by atoms with Gasteiger partial charge in [0, 0.05) is 39.3 Å². The molecule has 7 nitrogen and oxygen atoms in total. The van der Waals surface area contributed by atoms with Crippen molar-refractivity contribution in [2.45, 2.75) is 18.9 Å². The Morgan fingerprint density at radius 3 is 2.38 bits per heavy atom. The molecule has 34 heavy (non-hydrogen) atoms. The maximum absolute atomic E-state index is 13.1. The van der Waals surface area contributed by atoms with Gasteiger partial charge in [-0.1, -0.05) is 48.6 Å². The number of carbonyl (C=O) groups excluding carboxylic acids is 2. The molecule has 0 N–H and O–H groups in total. The molecule has 2 saturated heterocycles. The molecule has 2 fully saturated rings. The highest BCUT2D eigenvalue weighted by Crippen LogP contribution is 2.28. The molecule has 0 radical (unpaired) electrons. The molecule has 7 heteroatoms. The molecule has 2 aliphatic heterocycles. The molecular weight excluding hydrogens is 430 g/mol. The number of hydrogen-bond acceptors (Lipinski definition) is 6. The number of carbonyl (C=O) groups is 2. The summed E-state index contributed by atoms with van der Waals surface area (Å²) in [7, 11) is 3.19. The van der Waals surface area contributed by atoms with Gasteiger partial charge in [0.2, 0.25) is 11.8 Å². The quantitative estimate of drug-likeness (QED) is 0.533. The number of ether oxygens (including phenoxy) is 2. The van der Waals surface area contributed by atoms with Crippen molar-refractivity contribution >= 4 is 17.9 Å². The van der Waals surface area contributed by atoms with Crippen LogP contribution in [0.4, 0.5) is 0 Å². The van der Waals surface area contributed by atoms with E-state index >= 15 is 0 Å². The van der Waals surface area contributed by atoms with Crippen molar-refractivity contribution in [3.8, 4) is 11.5 Å². The maximum atomic E-state index is 13.1. The standard InChI is InChI=1S/C27H33N3O4/c1-33-24-11-10-22(19-25(24)34-2)12-14-30-26(31)20-23(27(30)32)29-17-15-28(16-18-29)13-6-9-21-7-4-3-5-8-21/h3-11,19,23H,12-18,20H2,1-2H3/b9-6-/t23-/m0/s1. The fourth-order valence-corrected chi connectivity index (χ4v) is 4.62. The lowest BCUT2D eigenvalue weighted by Gasteiger charge is -2.36. The van der Waals surface area contributed by atoms with Gasteiger partial charge < -0.3 is 9.47 Å². The molecule has 1 atom stereocenters. The fraction of sp³-hybridized carbons (Fsp3) is 0.407. The Balaban J connectivity index is 1.26. The second-order valence-electron chi connectivity index (χ2n) is 8.69. The van der Waals surface area contributed by atoms with Crippen molar-refractivity contribution in [2.75, 3.05) is 53.5 Å². The normalized spacial score (nSPS) is 19.8. The number of amides is 2. The van der Waals surface area contributed by atoms with Crippen LogP contribution in [-0.2, 0) is 16.0 Å². The molecule has 2 aromatic rings. The van der Waals surface area contributed by atoms with E-state index in [4.69, 9.17) is 9.47 Å². The molecule has 0 saturated carbocycles. The van der Waals surface area contributed by atoms with E-state index in [0.717, 1.165) is 38.3 Å². The molecule has 2 aliphatic rings. The van der Waals surface area contributed by atoms with Gasteiger partial charge in [-0.25, -0.2) is 0 Å². The number of rotatable bonds is 9. The molecule has 0 bridgehead atoms. The van der Waals surface area contributed by atoms with E-state index in [1.54, 1.807) is 14.2 Å². The Labute approximate surface area is 201 Å². The van der Waals surface area contributed by atoms with Gasteiger partial charge in [-0.05, 0) is 29.7 Å². The minimum absolute atomic E-state index is 0.0668. The largest absolute Gasteiger partial charge is 0.493 e. The highest BCUT2D eigenvalue weighted by atomic mass is 16.5. The first-order valence-corrected chi connectivity index (χ1v) is 11.8. The third-order valence-electron chi connectivity index (χ3n) is 6.61. The number of piperazine rings is 1. The summed E-state index contributed by atoms with van der Waals surface area (Å²) in [6.45, 7) is 4.65. The molecule has 0 unspecified atom stereocenters. The lowest BCUT2D eigenvalue weighted by molar-refractivity contribution is -0.139. The van der Waals surface area contributed by atoms with Crippen molar-refractivity contribution in [3.63, 3.8) is 0 Å². The highest BCUT2D eigenvalue weighted by Gasteiger charge is 2.42. The topological polar surface area (TPSA) is 62.3 Å². The summed E-state index contributed by atoms with van der Waals surface area (Å²) < 4.78 is 10.6. The van der Waals surface area contributed by atoms with Crippen LogP contribution in [0.5, 0.6) is 11.5 Å². The van der Waals surface area contributed by atoms with Gasteiger partial charge in [-0.15, -0.1) is 0 Å². The van der Waals surface area contributed by atoms with Crippen LogP contribution in [0.1, 0.15) is 17.5 Å². The maximum Gasteiger partial charge on any atom is 0.247 e. The van der Waals surface area contributed by atoms with Crippen molar-refractivity contribution in [3.05, 3.63) is 65.7 Å². The Bertz CT molecular complexity index is 1020. The highest BCUT2D eigenvalue weighted by molar-refractivity contribution is 6.05. The molecule has 0 aromatic heterocycles. The number of nitrogens with zero attached hydrogens (tertiary/aromatic N) is 3. The van der Waals surface area contributed by atoms with E-state index < -0.39 is 0 Å². The Kier molecular flexibility index (Phi) is 7.98. The molecule has 4 rings (SSSR count). The van der Waals surface area contributed by atoms with E-state index in [1.807, 2.05) is 36.4 Å². The van der Waals surface area contributed by atoms with Gasteiger partial charge in [0.1, 0.15) is 0 Å². The van der Waals surface area contributed by atoms with Crippen molar-refractivity contribution < 1.29 is 19.1 Å². The van der Waals surface area contributed by atoms with Crippen molar-refractivity contribution in [1.82, 2.24) is 14.7 Å². The predicted molar refractivity (Wildman–Crippen MR) is 132 cm³/mol. The second kappa shape index (κ2) is 11.3. The van der Waals surface area contributed by atoms with Crippen LogP contribution < -0.4 is 9.47 Å². The number of imide groups is 1. The van der Waals surface area contributed by atoms with Gasteiger partial charge in [0.15, 0.2) is 11.5 Å². The third-order valence-corrected chi connectivity index (χ3v) is 6.61. The summed E-state index contributed by atoms with van der Waals surface area (Å²) >= 11 is 0. The minimum atomic E-state index is -0.333. The number of likely N-dealkylation sites (tertiary alicyclic amines) is 1. The van der Waals surface area contributed by atoms with Crippen molar-refractivity contribution in [2.24, 2.45) is 0 Å². The Morgan fingerprint density at radius 1 is 0.941 bits per heavy atom. The van der Waals surface area contributed by atoms with E-state index in [0.29, 0.717) is 24.5 Å².